The number of pyridine rings is 1. The second-order valence-electron chi connectivity index (χ2n) is 6.82. The molecule has 0 radical (unpaired) electrons. The fourth-order valence-electron chi connectivity index (χ4n) is 2.92. The molecule has 3 aromatic carbocycles. The zero-order valence-corrected chi connectivity index (χ0v) is 17.0. The Labute approximate surface area is 184 Å². The van der Waals surface area contributed by atoms with Crippen LogP contribution in [0.5, 0.6) is 5.75 Å². The van der Waals surface area contributed by atoms with Gasteiger partial charge in [-0.05, 0) is 53.6 Å². The van der Waals surface area contributed by atoms with E-state index in [0.717, 1.165) is 22.0 Å². The minimum absolute atomic E-state index is 0.284. The number of hydrogen-bond donors (Lipinski definition) is 1. The van der Waals surface area contributed by atoms with E-state index in [1.165, 1.54) is 12.3 Å². The number of hydrazone groups is 1. The first-order chi connectivity index (χ1) is 15.7. The molecule has 0 bridgehead atoms. The molecule has 1 N–H and O–H groups in total. The number of esters is 1. The van der Waals surface area contributed by atoms with Gasteiger partial charge in [-0.3, -0.25) is 4.79 Å². The van der Waals surface area contributed by atoms with E-state index in [2.05, 4.69) is 15.5 Å². The van der Waals surface area contributed by atoms with Crippen LogP contribution in [0.15, 0.2) is 102 Å². The maximum Gasteiger partial charge on any atom is 0.336 e. The highest BCUT2D eigenvalue weighted by molar-refractivity contribution is 5.95. The third-order valence-electron chi connectivity index (χ3n) is 4.52. The molecule has 32 heavy (non-hydrogen) atoms. The van der Waals surface area contributed by atoms with Crippen molar-refractivity contribution < 1.29 is 14.3 Å². The van der Waals surface area contributed by atoms with Crippen LogP contribution < -0.4 is 10.2 Å². The van der Waals surface area contributed by atoms with Gasteiger partial charge in [0, 0.05) is 11.5 Å². The number of benzene rings is 3. The quantitative estimate of drug-likeness (QED) is 0.162. The fraction of sp³-hybridized carbons (Fsp3) is 0. The second-order valence-corrected chi connectivity index (χ2v) is 6.82. The lowest BCUT2D eigenvalue weighted by molar-refractivity contribution is -0.128. The molecule has 1 amide bonds. The Kier molecular flexibility index (Phi) is 6.43. The Morgan fingerprint density at radius 2 is 1.56 bits per heavy atom. The summed E-state index contributed by atoms with van der Waals surface area (Å²) in [6.45, 7) is 0. The van der Waals surface area contributed by atoms with E-state index in [-0.39, 0.29) is 5.69 Å². The number of carbonyl (C=O) groups excluding carboxylic acids is 2. The molecule has 0 aliphatic carbocycles. The first kappa shape index (κ1) is 20.7. The van der Waals surface area contributed by atoms with Gasteiger partial charge < -0.3 is 4.74 Å². The number of rotatable bonds is 6. The highest BCUT2D eigenvalue weighted by Crippen LogP contribution is 2.13. The van der Waals surface area contributed by atoms with Gasteiger partial charge in [0.15, 0.2) is 0 Å². The van der Waals surface area contributed by atoms with Crippen LogP contribution in [0, 0.1) is 0 Å². The minimum Gasteiger partial charge on any atom is -0.423 e. The Morgan fingerprint density at radius 1 is 0.812 bits per heavy atom. The van der Waals surface area contributed by atoms with Crippen molar-refractivity contribution in [3.8, 4) is 5.75 Å². The maximum atomic E-state index is 12.3. The summed E-state index contributed by atoms with van der Waals surface area (Å²) in [4.78, 5) is 28.5. The standard InChI is InChI=1S/C26H19N3O3/c30-25(17-12-19-6-2-1-3-7-19)32-22-14-10-20(11-15-22)18-27-29-26(31)24-16-13-21-8-4-5-9-23(21)28-24/h1-18H,(H,29,31)/b17-12+,27-18-. The van der Waals surface area contributed by atoms with E-state index >= 15 is 0 Å². The van der Waals surface area contributed by atoms with Gasteiger partial charge in [-0.1, -0.05) is 54.6 Å². The van der Waals surface area contributed by atoms with Gasteiger partial charge in [-0.15, -0.1) is 0 Å². The number of nitrogens with one attached hydrogen (secondary N) is 1. The van der Waals surface area contributed by atoms with Gasteiger partial charge in [-0.25, -0.2) is 15.2 Å². The lowest BCUT2D eigenvalue weighted by atomic mass is 10.2. The number of carbonyl (C=O) groups is 2. The van der Waals surface area contributed by atoms with Crippen molar-refractivity contribution in [1.82, 2.24) is 10.4 Å². The summed E-state index contributed by atoms with van der Waals surface area (Å²) in [5, 5.41) is 4.93. The van der Waals surface area contributed by atoms with E-state index in [9.17, 15) is 9.59 Å². The van der Waals surface area contributed by atoms with Crippen LogP contribution in [0.3, 0.4) is 0 Å². The molecule has 0 aliphatic heterocycles. The lowest BCUT2D eigenvalue weighted by Gasteiger charge is -2.02. The van der Waals surface area contributed by atoms with Crippen molar-refractivity contribution in [1.29, 1.82) is 0 Å². The molecule has 0 atom stereocenters. The third kappa shape index (κ3) is 5.52. The summed E-state index contributed by atoms with van der Waals surface area (Å²) in [5.41, 5.74) is 5.14. The van der Waals surface area contributed by atoms with Crippen molar-refractivity contribution in [2.75, 3.05) is 0 Å². The van der Waals surface area contributed by atoms with Crippen molar-refractivity contribution in [3.63, 3.8) is 0 Å². The highest BCUT2D eigenvalue weighted by Gasteiger charge is 2.07. The molecule has 1 heterocycles. The van der Waals surface area contributed by atoms with Gasteiger partial charge in [0.2, 0.25) is 0 Å². The normalized spacial score (nSPS) is 11.1. The summed E-state index contributed by atoms with van der Waals surface area (Å²) < 4.78 is 5.28. The Hall–Kier alpha value is -4.58. The molecular weight excluding hydrogens is 402 g/mol. The maximum absolute atomic E-state index is 12.3. The fourth-order valence-corrected chi connectivity index (χ4v) is 2.92. The summed E-state index contributed by atoms with van der Waals surface area (Å²) in [6.07, 6.45) is 4.57. The average molecular weight is 421 g/mol. The molecular formula is C26H19N3O3. The van der Waals surface area contributed by atoms with E-state index in [0.29, 0.717) is 5.75 Å². The number of ether oxygens (including phenoxy) is 1. The Bertz CT molecular complexity index is 1300. The molecule has 6 heteroatoms. The molecule has 4 rings (SSSR count). The summed E-state index contributed by atoms with van der Waals surface area (Å²) in [7, 11) is 0. The molecule has 0 spiro atoms. The minimum atomic E-state index is -0.467. The number of para-hydroxylation sites is 1. The first-order valence-corrected chi connectivity index (χ1v) is 9.91. The van der Waals surface area contributed by atoms with Crippen molar-refractivity contribution in [2.24, 2.45) is 5.10 Å². The SMILES string of the molecule is O=C(/C=C/c1ccccc1)Oc1ccc(/C=N\NC(=O)c2ccc3ccccc3n2)cc1. The number of hydrogen-bond acceptors (Lipinski definition) is 5. The van der Waals surface area contributed by atoms with Crippen LogP contribution in [0.4, 0.5) is 0 Å². The molecule has 0 saturated carbocycles. The van der Waals surface area contributed by atoms with Crippen LogP contribution in [-0.2, 0) is 4.79 Å². The molecule has 0 unspecified atom stereocenters. The van der Waals surface area contributed by atoms with Crippen LogP contribution in [0.25, 0.3) is 17.0 Å². The molecule has 0 aliphatic rings. The van der Waals surface area contributed by atoms with Gasteiger partial charge >= 0.3 is 5.97 Å². The summed E-state index contributed by atoms with van der Waals surface area (Å²) in [6, 6.07) is 27.3. The molecule has 1 aromatic heterocycles. The smallest absolute Gasteiger partial charge is 0.336 e. The van der Waals surface area contributed by atoms with Crippen LogP contribution >= 0.6 is 0 Å². The van der Waals surface area contributed by atoms with E-state index in [4.69, 9.17) is 4.74 Å². The largest absolute Gasteiger partial charge is 0.423 e. The molecule has 156 valence electrons. The zero-order valence-electron chi connectivity index (χ0n) is 17.0. The first-order valence-electron chi connectivity index (χ1n) is 9.91. The van der Waals surface area contributed by atoms with E-state index < -0.39 is 11.9 Å². The predicted molar refractivity (Wildman–Crippen MR) is 124 cm³/mol. The van der Waals surface area contributed by atoms with Gasteiger partial charge in [0.25, 0.3) is 5.91 Å². The molecule has 0 saturated heterocycles. The predicted octanol–water partition coefficient (Wildman–Crippen LogP) is 4.62. The number of nitrogens with zero attached hydrogens (tertiary/aromatic N) is 2. The Morgan fingerprint density at radius 3 is 2.38 bits per heavy atom. The second kappa shape index (κ2) is 9.95. The zero-order chi connectivity index (χ0) is 22.2. The van der Waals surface area contributed by atoms with Gasteiger partial charge in [-0.2, -0.15) is 5.10 Å². The van der Waals surface area contributed by atoms with Crippen molar-refractivity contribution >= 4 is 35.1 Å². The third-order valence-corrected chi connectivity index (χ3v) is 4.52. The number of amides is 1. The van der Waals surface area contributed by atoms with Crippen LogP contribution in [0.2, 0.25) is 0 Å². The molecule has 0 fully saturated rings. The lowest BCUT2D eigenvalue weighted by Crippen LogP contribution is -2.18. The number of aromatic nitrogens is 1. The van der Waals surface area contributed by atoms with Gasteiger partial charge in [0.1, 0.15) is 11.4 Å². The number of fused-ring (bicyclic) bond motifs is 1. The summed E-state index contributed by atoms with van der Waals surface area (Å²) >= 11 is 0. The van der Waals surface area contributed by atoms with Gasteiger partial charge in [0.05, 0.1) is 11.7 Å². The average Bonchev–Trinajstić information content (AvgIpc) is 2.84. The van der Waals surface area contributed by atoms with Crippen molar-refractivity contribution in [3.05, 3.63) is 114 Å². The summed E-state index contributed by atoms with van der Waals surface area (Å²) in [5.74, 6) is -0.456. The van der Waals surface area contributed by atoms with E-state index in [1.54, 1.807) is 36.4 Å². The molecule has 4 aromatic rings. The van der Waals surface area contributed by atoms with E-state index in [1.807, 2.05) is 60.7 Å². The monoisotopic (exact) mass is 421 g/mol. The molecule has 6 nitrogen and oxygen atoms in total. The van der Waals surface area contributed by atoms with Crippen molar-refractivity contribution in [2.45, 2.75) is 0 Å². The highest BCUT2D eigenvalue weighted by atomic mass is 16.5. The Balaban J connectivity index is 1.31. The van der Waals surface area contributed by atoms with Crippen LogP contribution in [-0.4, -0.2) is 23.1 Å². The topological polar surface area (TPSA) is 80.6 Å². The van der Waals surface area contributed by atoms with Crippen LogP contribution in [0.1, 0.15) is 21.6 Å².